The molecule has 4 aliphatic rings. The van der Waals surface area contributed by atoms with Crippen molar-refractivity contribution in [3.05, 3.63) is 53.1 Å². The standard InChI is InChI=1S/C26H26N4O6/c1-2-13-3-5-16-15(9-13)26(25(34)28-16)22-21(17(29-26)6-8-20(27)31)23(32)30(24(22)33)11-14-4-7-18-19(10-14)36-12-35-18/h3-5,7,9-10,17,21-22,29H,2,6,8,11-12H2,1H3,(H2,27,31)(H,28,34)/t17-,21-,22+,26+/m1/s1. The molecule has 2 fully saturated rings. The second-order valence-electron chi connectivity index (χ2n) is 9.71. The predicted molar refractivity (Wildman–Crippen MR) is 127 cm³/mol. The summed E-state index contributed by atoms with van der Waals surface area (Å²) in [5.74, 6) is -2.23. The summed E-state index contributed by atoms with van der Waals surface area (Å²) in [5.41, 5.74) is 7.00. The number of imide groups is 1. The molecule has 4 amide bonds. The first kappa shape index (κ1) is 22.5. The molecule has 2 saturated heterocycles. The van der Waals surface area contributed by atoms with Crippen molar-refractivity contribution in [1.82, 2.24) is 10.2 Å². The van der Waals surface area contributed by atoms with Gasteiger partial charge in [0.1, 0.15) is 5.54 Å². The number of primary amides is 1. The smallest absolute Gasteiger partial charge is 0.250 e. The molecule has 10 nitrogen and oxygen atoms in total. The maximum atomic E-state index is 13.9. The fraction of sp³-hybridized carbons (Fsp3) is 0.385. The highest BCUT2D eigenvalue weighted by molar-refractivity contribution is 6.15. The number of nitrogens with two attached hydrogens (primary N) is 1. The number of ether oxygens (including phenoxy) is 2. The number of rotatable bonds is 6. The summed E-state index contributed by atoms with van der Waals surface area (Å²) in [5, 5.41) is 6.24. The van der Waals surface area contributed by atoms with Crippen LogP contribution in [0.3, 0.4) is 0 Å². The molecule has 4 aliphatic heterocycles. The van der Waals surface area contributed by atoms with Crippen LogP contribution in [-0.4, -0.2) is 41.4 Å². The molecule has 0 aromatic heterocycles. The first-order valence-electron chi connectivity index (χ1n) is 12.1. The summed E-state index contributed by atoms with van der Waals surface area (Å²) in [6.07, 6.45) is 1.02. The van der Waals surface area contributed by atoms with E-state index in [0.717, 1.165) is 12.0 Å². The topological polar surface area (TPSA) is 140 Å². The van der Waals surface area contributed by atoms with Gasteiger partial charge in [0.2, 0.25) is 30.4 Å². The van der Waals surface area contributed by atoms with Crippen LogP contribution in [-0.2, 0) is 37.7 Å². The zero-order valence-electron chi connectivity index (χ0n) is 19.7. The fourth-order valence-corrected chi connectivity index (χ4v) is 6.05. The number of carbonyl (C=O) groups is 4. The lowest BCUT2D eigenvalue weighted by Gasteiger charge is -2.29. The number of hydrogen-bond donors (Lipinski definition) is 3. The number of nitrogens with one attached hydrogen (secondary N) is 2. The molecule has 4 atom stereocenters. The van der Waals surface area contributed by atoms with Gasteiger partial charge in [-0.25, -0.2) is 0 Å². The molecule has 36 heavy (non-hydrogen) atoms. The van der Waals surface area contributed by atoms with Crippen LogP contribution < -0.4 is 25.8 Å². The largest absolute Gasteiger partial charge is 0.454 e. The Morgan fingerprint density at radius 3 is 2.64 bits per heavy atom. The summed E-state index contributed by atoms with van der Waals surface area (Å²) in [4.78, 5) is 54.0. The average molecular weight is 491 g/mol. The van der Waals surface area contributed by atoms with Gasteiger partial charge in [-0.1, -0.05) is 25.1 Å². The van der Waals surface area contributed by atoms with Crippen LogP contribution in [0.2, 0.25) is 0 Å². The van der Waals surface area contributed by atoms with E-state index in [4.69, 9.17) is 15.2 Å². The Bertz CT molecular complexity index is 1330. The molecule has 0 bridgehead atoms. The van der Waals surface area contributed by atoms with Crippen molar-refractivity contribution in [2.24, 2.45) is 17.6 Å². The van der Waals surface area contributed by atoms with Crippen molar-refractivity contribution in [2.45, 2.75) is 44.3 Å². The Morgan fingerprint density at radius 1 is 1.08 bits per heavy atom. The van der Waals surface area contributed by atoms with E-state index in [1.165, 1.54) is 4.90 Å². The number of likely N-dealkylation sites (tertiary alicyclic amines) is 1. The lowest BCUT2D eigenvalue weighted by Crippen LogP contribution is -2.53. The zero-order valence-corrected chi connectivity index (χ0v) is 19.7. The van der Waals surface area contributed by atoms with E-state index >= 15 is 0 Å². The van der Waals surface area contributed by atoms with Gasteiger partial charge in [-0.3, -0.25) is 29.4 Å². The molecule has 0 unspecified atom stereocenters. The minimum Gasteiger partial charge on any atom is -0.454 e. The van der Waals surface area contributed by atoms with Gasteiger partial charge in [0.25, 0.3) is 0 Å². The van der Waals surface area contributed by atoms with E-state index in [9.17, 15) is 19.2 Å². The molecule has 4 heterocycles. The number of aryl methyl sites for hydroxylation is 1. The minimum atomic E-state index is -1.40. The van der Waals surface area contributed by atoms with Crippen molar-refractivity contribution >= 4 is 29.3 Å². The SMILES string of the molecule is CCc1ccc2c(c1)[C@@]1(N[C@H](CCC(N)=O)[C@H]3C(=O)N(Cc4ccc5c(c4)OCO5)C(=O)[C@H]31)C(=O)N2. The van der Waals surface area contributed by atoms with Gasteiger partial charge >= 0.3 is 0 Å². The minimum absolute atomic E-state index is 0.0318. The number of anilines is 1. The van der Waals surface area contributed by atoms with Crippen LogP contribution in [0.5, 0.6) is 11.5 Å². The predicted octanol–water partition coefficient (Wildman–Crippen LogP) is 1.16. The van der Waals surface area contributed by atoms with Gasteiger partial charge < -0.3 is 20.5 Å². The molecule has 0 aliphatic carbocycles. The lowest BCUT2D eigenvalue weighted by atomic mass is 9.76. The highest BCUT2D eigenvalue weighted by Crippen LogP contribution is 2.54. The number of fused-ring (bicyclic) bond motifs is 5. The number of benzene rings is 2. The monoisotopic (exact) mass is 490 g/mol. The average Bonchev–Trinajstić information content (AvgIpc) is 3.59. The molecule has 2 aromatic carbocycles. The lowest BCUT2D eigenvalue weighted by molar-refractivity contribution is -0.143. The van der Waals surface area contributed by atoms with E-state index in [1.54, 1.807) is 18.2 Å². The Hall–Kier alpha value is -3.92. The molecular formula is C26H26N4O6. The van der Waals surface area contributed by atoms with Crippen molar-refractivity contribution in [2.75, 3.05) is 12.1 Å². The van der Waals surface area contributed by atoms with Gasteiger partial charge in [0, 0.05) is 23.7 Å². The van der Waals surface area contributed by atoms with E-state index in [1.807, 2.05) is 25.1 Å². The molecule has 0 saturated carbocycles. The van der Waals surface area contributed by atoms with Crippen LogP contribution in [0.1, 0.15) is 36.5 Å². The van der Waals surface area contributed by atoms with Gasteiger partial charge in [0.15, 0.2) is 11.5 Å². The third-order valence-corrected chi connectivity index (χ3v) is 7.76. The van der Waals surface area contributed by atoms with E-state index in [-0.39, 0.29) is 38.0 Å². The first-order chi connectivity index (χ1) is 17.3. The molecule has 186 valence electrons. The molecule has 2 aromatic rings. The summed E-state index contributed by atoms with van der Waals surface area (Å²) in [6.45, 7) is 2.18. The molecule has 10 heteroatoms. The first-order valence-corrected chi connectivity index (χ1v) is 12.1. The number of nitrogens with zero attached hydrogens (tertiary/aromatic N) is 1. The normalized spacial score (nSPS) is 27.5. The van der Waals surface area contributed by atoms with Gasteiger partial charge in [-0.15, -0.1) is 0 Å². The fourth-order valence-electron chi connectivity index (χ4n) is 6.05. The molecule has 4 N–H and O–H groups in total. The highest BCUT2D eigenvalue weighted by Gasteiger charge is 2.70. The second-order valence-corrected chi connectivity index (χ2v) is 9.71. The maximum absolute atomic E-state index is 13.9. The summed E-state index contributed by atoms with van der Waals surface area (Å²) >= 11 is 0. The van der Waals surface area contributed by atoms with Crippen LogP contribution in [0.4, 0.5) is 5.69 Å². The van der Waals surface area contributed by atoms with E-state index in [0.29, 0.717) is 28.3 Å². The van der Waals surface area contributed by atoms with Crippen LogP contribution in [0.25, 0.3) is 0 Å². The second kappa shape index (κ2) is 8.06. The van der Waals surface area contributed by atoms with Crippen molar-refractivity contribution in [1.29, 1.82) is 0 Å². The third kappa shape index (κ3) is 3.13. The quantitative estimate of drug-likeness (QED) is 0.516. The van der Waals surface area contributed by atoms with Crippen LogP contribution >= 0.6 is 0 Å². The Labute approximate surface area is 207 Å². The molecule has 1 spiro atoms. The van der Waals surface area contributed by atoms with Crippen molar-refractivity contribution < 1.29 is 28.7 Å². The van der Waals surface area contributed by atoms with Crippen molar-refractivity contribution in [3.63, 3.8) is 0 Å². The van der Waals surface area contributed by atoms with Crippen molar-refractivity contribution in [3.8, 4) is 11.5 Å². The molecular weight excluding hydrogens is 464 g/mol. The van der Waals surface area contributed by atoms with E-state index < -0.39 is 35.2 Å². The van der Waals surface area contributed by atoms with Crippen LogP contribution in [0, 0.1) is 11.8 Å². The van der Waals surface area contributed by atoms with Gasteiger partial charge in [-0.2, -0.15) is 0 Å². The molecule has 6 rings (SSSR count). The summed E-state index contributed by atoms with van der Waals surface area (Å²) < 4.78 is 10.8. The Morgan fingerprint density at radius 2 is 1.86 bits per heavy atom. The van der Waals surface area contributed by atoms with Crippen LogP contribution in [0.15, 0.2) is 36.4 Å². The summed E-state index contributed by atoms with van der Waals surface area (Å²) in [6, 6.07) is 10.4. The third-order valence-electron chi connectivity index (χ3n) is 7.76. The Balaban J connectivity index is 1.41. The zero-order chi connectivity index (χ0) is 25.2. The number of carbonyl (C=O) groups excluding carboxylic acids is 4. The van der Waals surface area contributed by atoms with Gasteiger partial charge in [0.05, 0.1) is 18.4 Å². The number of hydrogen-bond acceptors (Lipinski definition) is 7. The maximum Gasteiger partial charge on any atom is 0.250 e. The van der Waals surface area contributed by atoms with Gasteiger partial charge in [-0.05, 0) is 42.2 Å². The summed E-state index contributed by atoms with van der Waals surface area (Å²) in [7, 11) is 0. The molecule has 0 radical (unpaired) electrons. The highest BCUT2D eigenvalue weighted by atomic mass is 16.7. The number of amides is 4. The van der Waals surface area contributed by atoms with E-state index in [2.05, 4.69) is 10.6 Å². The Kier molecular flexibility index (Phi) is 5.04.